The Kier molecular flexibility index (Phi) is 3.53. The van der Waals surface area contributed by atoms with Crippen molar-refractivity contribution >= 4 is 11.6 Å². The molecule has 0 aliphatic carbocycles. The third-order valence-corrected chi connectivity index (χ3v) is 2.75. The molecule has 0 fully saturated rings. The minimum absolute atomic E-state index is 0.0182. The molecular formula is C11H13ClO4. The van der Waals surface area contributed by atoms with Gasteiger partial charge in [-0.2, -0.15) is 0 Å². The van der Waals surface area contributed by atoms with Gasteiger partial charge in [0.15, 0.2) is 11.5 Å². The van der Waals surface area contributed by atoms with Crippen molar-refractivity contribution in [2.75, 3.05) is 19.1 Å². The molecule has 1 aliphatic heterocycles. The Bertz CT molecular complexity index is 369. The van der Waals surface area contributed by atoms with Gasteiger partial charge in [0.2, 0.25) is 0 Å². The summed E-state index contributed by atoms with van der Waals surface area (Å²) in [6.07, 6.45) is -1.99. The van der Waals surface area contributed by atoms with Crippen molar-refractivity contribution < 1.29 is 19.7 Å². The van der Waals surface area contributed by atoms with Crippen LogP contribution in [0.3, 0.4) is 0 Å². The van der Waals surface area contributed by atoms with Crippen LogP contribution in [0.15, 0.2) is 18.2 Å². The van der Waals surface area contributed by atoms with Crippen LogP contribution in [0.5, 0.6) is 11.5 Å². The van der Waals surface area contributed by atoms with E-state index in [9.17, 15) is 10.2 Å². The molecule has 2 atom stereocenters. The molecule has 5 heteroatoms. The first-order valence-corrected chi connectivity index (χ1v) is 5.57. The number of aliphatic hydroxyl groups excluding tert-OH is 2. The van der Waals surface area contributed by atoms with Crippen LogP contribution in [-0.2, 0) is 0 Å². The number of fused-ring (bicyclic) bond motifs is 1. The van der Waals surface area contributed by atoms with E-state index in [1.165, 1.54) is 0 Å². The molecule has 0 radical (unpaired) electrons. The van der Waals surface area contributed by atoms with E-state index in [-0.39, 0.29) is 5.88 Å². The fraction of sp³-hybridized carbons (Fsp3) is 0.455. The van der Waals surface area contributed by atoms with Crippen LogP contribution >= 0.6 is 11.6 Å². The third kappa shape index (κ3) is 2.24. The largest absolute Gasteiger partial charge is 0.486 e. The maximum atomic E-state index is 9.76. The zero-order chi connectivity index (χ0) is 11.5. The van der Waals surface area contributed by atoms with Gasteiger partial charge >= 0.3 is 0 Å². The van der Waals surface area contributed by atoms with Crippen molar-refractivity contribution in [3.63, 3.8) is 0 Å². The van der Waals surface area contributed by atoms with Gasteiger partial charge in [-0.15, -0.1) is 11.6 Å². The number of halogens is 1. The third-order valence-electron chi connectivity index (χ3n) is 2.43. The van der Waals surface area contributed by atoms with E-state index in [2.05, 4.69) is 0 Å². The second kappa shape index (κ2) is 4.91. The summed E-state index contributed by atoms with van der Waals surface area (Å²) in [6, 6.07) is 5.07. The van der Waals surface area contributed by atoms with E-state index in [1.807, 2.05) is 0 Å². The average molecular weight is 245 g/mol. The smallest absolute Gasteiger partial charge is 0.161 e. The van der Waals surface area contributed by atoms with Gasteiger partial charge in [-0.05, 0) is 17.7 Å². The minimum Gasteiger partial charge on any atom is -0.486 e. The lowest BCUT2D eigenvalue weighted by molar-refractivity contribution is 0.0324. The van der Waals surface area contributed by atoms with Crippen molar-refractivity contribution in [1.29, 1.82) is 0 Å². The molecule has 1 heterocycles. The fourth-order valence-electron chi connectivity index (χ4n) is 1.55. The van der Waals surface area contributed by atoms with Crippen LogP contribution in [0.2, 0.25) is 0 Å². The van der Waals surface area contributed by atoms with Gasteiger partial charge in [0.05, 0.1) is 12.0 Å². The molecule has 0 amide bonds. The Morgan fingerprint density at radius 2 is 1.88 bits per heavy atom. The van der Waals surface area contributed by atoms with Crippen LogP contribution in [0, 0.1) is 0 Å². The first-order valence-electron chi connectivity index (χ1n) is 5.04. The molecule has 16 heavy (non-hydrogen) atoms. The van der Waals surface area contributed by atoms with E-state index in [4.69, 9.17) is 21.1 Å². The maximum absolute atomic E-state index is 9.76. The molecule has 0 saturated heterocycles. The molecule has 4 nitrogen and oxygen atoms in total. The van der Waals surface area contributed by atoms with Crippen LogP contribution in [0.25, 0.3) is 0 Å². The van der Waals surface area contributed by atoms with E-state index in [0.717, 1.165) is 0 Å². The van der Waals surface area contributed by atoms with Crippen molar-refractivity contribution in [2.24, 2.45) is 0 Å². The highest BCUT2D eigenvalue weighted by Gasteiger charge is 2.20. The predicted molar refractivity (Wildman–Crippen MR) is 59.1 cm³/mol. The first-order chi connectivity index (χ1) is 7.72. The Morgan fingerprint density at radius 1 is 1.19 bits per heavy atom. The number of benzene rings is 1. The molecule has 0 aromatic heterocycles. The normalized spacial score (nSPS) is 17.9. The molecule has 0 saturated carbocycles. The minimum atomic E-state index is -1.01. The number of hydrogen-bond acceptors (Lipinski definition) is 4. The monoisotopic (exact) mass is 244 g/mol. The molecule has 0 spiro atoms. The summed E-state index contributed by atoms with van der Waals surface area (Å²) < 4.78 is 10.7. The van der Waals surface area contributed by atoms with E-state index < -0.39 is 12.2 Å². The summed E-state index contributed by atoms with van der Waals surface area (Å²) in [5, 5.41) is 19.2. The summed E-state index contributed by atoms with van der Waals surface area (Å²) in [6.45, 7) is 1.02. The zero-order valence-corrected chi connectivity index (χ0v) is 9.35. The van der Waals surface area contributed by atoms with Crippen molar-refractivity contribution in [2.45, 2.75) is 12.2 Å². The Balaban J connectivity index is 2.22. The Labute approximate surface area is 98.4 Å². The molecule has 88 valence electrons. The lowest BCUT2D eigenvalue weighted by Crippen LogP contribution is -2.20. The summed E-state index contributed by atoms with van der Waals surface area (Å²) in [4.78, 5) is 0. The average Bonchev–Trinajstić information content (AvgIpc) is 2.36. The topological polar surface area (TPSA) is 58.9 Å². The summed E-state index contributed by atoms with van der Waals surface area (Å²) >= 11 is 5.47. The molecule has 1 aromatic rings. The molecule has 2 rings (SSSR count). The number of rotatable bonds is 3. The lowest BCUT2D eigenvalue weighted by atomic mass is 10.0. The fourth-order valence-corrected chi connectivity index (χ4v) is 1.72. The number of ether oxygens (including phenoxy) is 2. The van der Waals surface area contributed by atoms with Crippen molar-refractivity contribution in [3.8, 4) is 11.5 Å². The summed E-state index contributed by atoms with van der Waals surface area (Å²) in [7, 11) is 0. The van der Waals surface area contributed by atoms with Gasteiger partial charge in [-0.1, -0.05) is 6.07 Å². The Morgan fingerprint density at radius 3 is 2.56 bits per heavy atom. The van der Waals surface area contributed by atoms with Crippen LogP contribution in [0.1, 0.15) is 11.7 Å². The summed E-state index contributed by atoms with van der Waals surface area (Å²) in [5.74, 6) is 1.22. The van der Waals surface area contributed by atoms with Crippen molar-refractivity contribution in [1.82, 2.24) is 0 Å². The standard InChI is InChI=1S/C11H13ClO4/c12-6-8(13)11(14)7-1-2-9-10(5-7)16-4-3-15-9/h1-2,5,8,11,13-14H,3-4,6H2. The van der Waals surface area contributed by atoms with Gasteiger partial charge in [-0.25, -0.2) is 0 Å². The van der Waals surface area contributed by atoms with Gasteiger partial charge in [0.1, 0.15) is 19.3 Å². The van der Waals surface area contributed by atoms with Crippen LogP contribution < -0.4 is 9.47 Å². The van der Waals surface area contributed by atoms with Crippen molar-refractivity contribution in [3.05, 3.63) is 23.8 Å². The Hall–Kier alpha value is -0.970. The SMILES string of the molecule is OC(CCl)C(O)c1ccc2c(c1)OCCO2. The highest BCUT2D eigenvalue weighted by atomic mass is 35.5. The molecule has 1 aliphatic rings. The molecule has 0 bridgehead atoms. The predicted octanol–water partition coefficient (Wildman–Crippen LogP) is 1.09. The number of hydrogen-bond donors (Lipinski definition) is 2. The van der Waals surface area contributed by atoms with E-state index in [1.54, 1.807) is 18.2 Å². The van der Waals surface area contributed by atoms with E-state index in [0.29, 0.717) is 30.3 Å². The van der Waals surface area contributed by atoms with Crippen LogP contribution in [0.4, 0.5) is 0 Å². The molecular weight excluding hydrogens is 232 g/mol. The number of aliphatic hydroxyl groups is 2. The molecule has 1 aromatic carbocycles. The quantitative estimate of drug-likeness (QED) is 0.782. The van der Waals surface area contributed by atoms with Gasteiger partial charge in [0, 0.05) is 0 Å². The zero-order valence-electron chi connectivity index (χ0n) is 8.60. The van der Waals surface area contributed by atoms with E-state index >= 15 is 0 Å². The highest BCUT2D eigenvalue weighted by molar-refractivity contribution is 6.18. The van der Waals surface area contributed by atoms with Crippen LogP contribution in [-0.4, -0.2) is 35.4 Å². The number of alkyl halides is 1. The maximum Gasteiger partial charge on any atom is 0.161 e. The second-order valence-electron chi connectivity index (χ2n) is 3.57. The molecule has 2 N–H and O–H groups in total. The van der Waals surface area contributed by atoms with Gasteiger partial charge in [0.25, 0.3) is 0 Å². The molecule has 2 unspecified atom stereocenters. The lowest BCUT2D eigenvalue weighted by Gasteiger charge is -2.21. The van der Waals surface area contributed by atoms with Gasteiger partial charge in [-0.3, -0.25) is 0 Å². The first kappa shape index (κ1) is 11.5. The second-order valence-corrected chi connectivity index (χ2v) is 3.88. The summed E-state index contributed by atoms with van der Waals surface area (Å²) in [5.41, 5.74) is 0.567. The van der Waals surface area contributed by atoms with Gasteiger partial charge < -0.3 is 19.7 Å². The highest BCUT2D eigenvalue weighted by Crippen LogP contribution is 2.33.